The SMILES string of the molecule is Cc1c(Br)ccc2nn(C)c(Cl)c12.Cc1c(Br)ccc2nn(C)cc12. The fraction of sp³-hybridized carbons (Fsp3) is 0.222. The summed E-state index contributed by atoms with van der Waals surface area (Å²) in [7, 11) is 3.78. The molecule has 0 bridgehead atoms. The molecule has 4 rings (SSSR count). The number of hydrogen-bond acceptors (Lipinski definition) is 2. The van der Waals surface area contributed by atoms with Crippen LogP contribution in [0.4, 0.5) is 0 Å². The number of nitrogens with zero attached hydrogens (tertiary/aromatic N) is 4. The summed E-state index contributed by atoms with van der Waals surface area (Å²) in [5, 5.41) is 11.5. The Balaban J connectivity index is 0.000000146. The van der Waals surface area contributed by atoms with E-state index >= 15 is 0 Å². The lowest BCUT2D eigenvalue weighted by molar-refractivity contribution is 0.779. The number of aryl methyl sites for hydroxylation is 4. The predicted octanol–water partition coefficient (Wildman–Crippen LogP) is 5.94. The maximum absolute atomic E-state index is 6.10. The summed E-state index contributed by atoms with van der Waals surface area (Å²) in [6.45, 7) is 4.12. The van der Waals surface area contributed by atoms with Gasteiger partial charge in [-0.05, 0) is 49.2 Å². The van der Waals surface area contributed by atoms with Crippen molar-refractivity contribution in [3.63, 3.8) is 0 Å². The third kappa shape index (κ3) is 3.48. The Morgan fingerprint density at radius 3 is 2.16 bits per heavy atom. The highest BCUT2D eigenvalue weighted by molar-refractivity contribution is 9.10. The Labute approximate surface area is 168 Å². The highest BCUT2D eigenvalue weighted by atomic mass is 79.9. The maximum Gasteiger partial charge on any atom is 0.134 e. The van der Waals surface area contributed by atoms with Gasteiger partial charge < -0.3 is 0 Å². The molecule has 0 atom stereocenters. The van der Waals surface area contributed by atoms with Crippen LogP contribution in [-0.4, -0.2) is 19.6 Å². The number of halogens is 3. The first kappa shape index (κ1) is 18.4. The van der Waals surface area contributed by atoms with Crippen molar-refractivity contribution in [3.05, 3.63) is 55.7 Å². The van der Waals surface area contributed by atoms with E-state index in [-0.39, 0.29) is 0 Å². The molecule has 4 nitrogen and oxygen atoms in total. The quantitative estimate of drug-likeness (QED) is 0.310. The van der Waals surface area contributed by atoms with Crippen molar-refractivity contribution in [1.82, 2.24) is 19.6 Å². The van der Waals surface area contributed by atoms with Gasteiger partial charge in [0.05, 0.1) is 11.0 Å². The molecule has 0 amide bonds. The molecule has 2 heterocycles. The van der Waals surface area contributed by atoms with Crippen molar-refractivity contribution in [2.75, 3.05) is 0 Å². The number of hydrogen-bond donors (Lipinski definition) is 0. The molecular weight excluding hydrogens is 467 g/mol. The van der Waals surface area contributed by atoms with Crippen LogP contribution in [0.5, 0.6) is 0 Å². The molecule has 0 aliphatic rings. The van der Waals surface area contributed by atoms with Crippen molar-refractivity contribution < 1.29 is 0 Å². The van der Waals surface area contributed by atoms with Crippen molar-refractivity contribution in [2.24, 2.45) is 14.1 Å². The van der Waals surface area contributed by atoms with Gasteiger partial charge >= 0.3 is 0 Å². The minimum Gasteiger partial charge on any atom is -0.275 e. The van der Waals surface area contributed by atoms with Crippen LogP contribution in [0.25, 0.3) is 21.8 Å². The predicted molar refractivity (Wildman–Crippen MR) is 111 cm³/mol. The third-order valence-electron chi connectivity index (χ3n) is 4.13. The van der Waals surface area contributed by atoms with E-state index in [1.54, 1.807) is 4.68 Å². The summed E-state index contributed by atoms with van der Waals surface area (Å²) in [4.78, 5) is 0. The molecule has 0 fully saturated rings. The number of fused-ring (bicyclic) bond motifs is 2. The van der Waals surface area contributed by atoms with Crippen molar-refractivity contribution in [2.45, 2.75) is 13.8 Å². The van der Waals surface area contributed by atoms with E-state index < -0.39 is 0 Å². The van der Waals surface area contributed by atoms with Gasteiger partial charge in [0, 0.05) is 40.0 Å². The Bertz CT molecular complexity index is 1080. The zero-order chi connectivity index (χ0) is 18.3. The summed E-state index contributed by atoms with van der Waals surface area (Å²) < 4.78 is 5.73. The van der Waals surface area contributed by atoms with Gasteiger partial charge in [-0.1, -0.05) is 43.5 Å². The monoisotopic (exact) mass is 482 g/mol. The number of benzene rings is 2. The summed E-state index contributed by atoms with van der Waals surface area (Å²) in [5.74, 6) is 0. The zero-order valence-corrected chi connectivity index (χ0v) is 18.2. The Hall–Kier alpha value is -1.37. The van der Waals surface area contributed by atoms with Crippen molar-refractivity contribution in [3.8, 4) is 0 Å². The lowest BCUT2D eigenvalue weighted by Gasteiger charge is -1.98. The van der Waals surface area contributed by atoms with Crippen LogP contribution in [0, 0.1) is 13.8 Å². The minimum atomic E-state index is 0.689. The van der Waals surface area contributed by atoms with Crippen LogP contribution in [0.1, 0.15) is 11.1 Å². The van der Waals surface area contributed by atoms with Crippen LogP contribution in [0.15, 0.2) is 39.4 Å². The zero-order valence-electron chi connectivity index (χ0n) is 14.3. The molecular formula is C18H17Br2ClN4. The molecule has 0 spiro atoms. The van der Waals surface area contributed by atoms with E-state index in [2.05, 4.69) is 49.0 Å². The molecule has 0 unspecified atom stereocenters. The Morgan fingerprint density at radius 1 is 0.880 bits per heavy atom. The topological polar surface area (TPSA) is 35.6 Å². The van der Waals surface area contributed by atoms with Gasteiger partial charge in [-0.15, -0.1) is 0 Å². The Kier molecular flexibility index (Phi) is 5.23. The second kappa shape index (κ2) is 7.09. The van der Waals surface area contributed by atoms with Crippen LogP contribution >= 0.6 is 43.5 Å². The summed E-state index contributed by atoms with van der Waals surface area (Å²) in [5.41, 5.74) is 4.38. The van der Waals surface area contributed by atoms with Crippen LogP contribution in [0.2, 0.25) is 5.15 Å². The molecule has 0 aliphatic heterocycles. The Morgan fingerprint density at radius 2 is 1.48 bits per heavy atom. The van der Waals surface area contributed by atoms with Crippen LogP contribution in [0.3, 0.4) is 0 Å². The second-order valence-corrected chi connectivity index (χ2v) is 7.96. The van der Waals surface area contributed by atoms with Crippen LogP contribution < -0.4 is 0 Å². The summed E-state index contributed by atoms with van der Waals surface area (Å²) >= 11 is 13.1. The minimum absolute atomic E-state index is 0.689. The highest BCUT2D eigenvalue weighted by Gasteiger charge is 2.10. The van der Waals surface area contributed by atoms with E-state index in [0.29, 0.717) is 5.15 Å². The average molecular weight is 485 g/mol. The molecule has 0 N–H and O–H groups in total. The van der Waals surface area contributed by atoms with E-state index in [0.717, 1.165) is 30.9 Å². The van der Waals surface area contributed by atoms with Gasteiger partial charge in [-0.2, -0.15) is 10.2 Å². The van der Waals surface area contributed by atoms with Crippen molar-refractivity contribution >= 4 is 65.3 Å². The largest absolute Gasteiger partial charge is 0.275 e. The lowest BCUT2D eigenvalue weighted by Crippen LogP contribution is -1.87. The first-order chi connectivity index (χ1) is 11.8. The summed E-state index contributed by atoms with van der Waals surface area (Å²) in [6, 6.07) is 8.00. The molecule has 0 saturated heterocycles. The first-order valence-corrected chi connectivity index (χ1v) is 9.61. The van der Waals surface area contributed by atoms with E-state index in [1.807, 2.05) is 56.2 Å². The molecule has 2 aromatic heterocycles. The molecule has 0 saturated carbocycles. The van der Waals surface area contributed by atoms with Gasteiger partial charge in [0.15, 0.2) is 0 Å². The molecule has 0 radical (unpaired) electrons. The third-order valence-corrected chi connectivity index (χ3v) is 6.28. The normalized spacial score (nSPS) is 11.0. The average Bonchev–Trinajstić information content (AvgIpc) is 3.09. The number of rotatable bonds is 0. The maximum atomic E-state index is 6.10. The molecule has 25 heavy (non-hydrogen) atoms. The smallest absolute Gasteiger partial charge is 0.134 e. The fourth-order valence-electron chi connectivity index (χ4n) is 2.71. The van der Waals surface area contributed by atoms with Gasteiger partial charge in [0.25, 0.3) is 0 Å². The molecule has 130 valence electrons. The van der Waals surface area contributed by atoms with Crippen LogP contribution in [-0.2, 0) is 14.1 Å². The molecule has 0 aliphatic carbocycles. The standard InChI is InChI=1S/C9H8BrClN2.C9H9BrN2/c1-5-6(10)3-4-7-8(5)9(11)13(2)12-7;1-6-7-5-12(2)11-9(7)4-3-8(6)10/h3-4H,1-2H3;3-5H,1-2H3. The molecule has 7 heteroatoms. The number of aromatic nitrogens is 4. The van der Waals surface area contributed by atoms with E-state index in [1.165, 1.54) is 10.9 Å². The van der Waals surface area contributed by atoms with Gasteiger partial charge in [0.2, 0.25) is 0 Å². The molecule has 4 aromatic rings. The van der Waals surface area contributed by atoms with Crippen molar-refractivity contribution in [1.29, 1.82) is 0 Å². The highest BCUT2D eigenvalue weighted by Crippen LogP contribution is 2.30. The second-order valence-electron chi connectivity index (χ2n) is 5.89. The van der Waals surface area contributed by atoms with E-state index in [4.69, 9.17) is 11.6 Å². The van der Waals surface area contributed by atoms with Gasteiger partial charge in [0.1, 0.15) is 5.15 Å². The van der Waals surface area contributed by atoms with Gasteiger partial charge in [-0.25, -0.2) is 0 Å². The molecule has 2 aromatic carbocycles. The van der Waals surface area contributed by atoms with E-state index in [9.17, 15) is 0 Å². The van der Waals surface area contributed by atoms with Gasteiger partial charge in [-0.3, -0.25) is 9.36 Å². The lowest BCUT2D eigenvalue weighted by atomic mass is 10.1. The fourth-order valence-corrected chi connectivity index (χ4v) is 3.66. The first-order valence-electron chi connectivity index (χ1n) is 7.65. The summed E-state index contributed by atoms with van der Waals surface area (Å²) in [6.07, 6.45) is 2.04.